The van der Waals surface area contributed by atoms with Crippen molar-refractivity contribution in [2.24, 2.45) is 23.2 Å². The van der Waals surface area contributed by atoms with Gasteiger partial charge in [0.05, 0.1) is 22.5 Å². The average molecular weight is 267 g/mol. The Morgan fingerprint density at radius 1 is 1.22 bits per heavy atom. The lowest BCUT2D eigenvalue weighted by molar-refractivity contribution is 0.0968. The maximum atomic E-state index is 12.3. The third-order valence-corrected chi connectivity index (χ3v) is 7.63. The van der Waals surface area contributed by atoms with E-state index in [2.05, 4.69) is 6.07 Å². The van der Waals surface area contributed by atoms with Crippen molar-refractivity contribution < 1.29 is 8.42 Å². The van der Waals surface area contributed by atoms with Crippen LogP contribution in [0, 0.1) is 34.5 Å². The number of hydrogen-bond donors (Lipinski definition) is 0. The predicted octanol–water partition coefficient (Wildman–Crippen LogP) is 2.53. The molecule has 18 heavy (non-hydrogen) atoms. The maximum absolute atomic E-state index is 12.3. The van der Waals surface area contributed by atoms with Crippen LogP contribution in [0.2, 0.25) is 0 Å². The molecule has 3 unspecified atom stereocenters. The molecule has 3 atom stereocenters. The van der Waals surface area contributed by atoms with Crippen LogP contribution < -0.4 is 0 Å². The smallest absolute Gasteiger partial charge is 0.153 e. The summed E-state index contributed by atoms with van der Waals surface area (Å²) in [7, 11) is -2.96. The van der Waals surface area contributed by atoms with Crippen LogP contribution in [-0.4, -0.2) is 19.4 Å². The third kappa shape index (κ3) is 2.07. The molecule has 3 aliphatic rings. The fraction of sp³-hybridized carbons (Fsp3) is 0.929. The zero-order valence-electron chi connectivity index (χ0n) is 10.9. The minimum absolute atomic E-state index is 0.0341. The first kappa shape index (κ1) is 12.5. The van der Waals surface area contributed by atoms with Crippen LogP contribution in [0.1, 0.15) is 45.4 Å². The van der Waals surface area contributed by atoms with E-state index in [-0.39, 0.29) is 16.6 Å². The molecule has 3 rings (SSSR count). The highest BCUT2D eigenvalue weighted by Gasteiger charge is 2.58. The molecule has 3 fully saturated rings. The fourth-order valence-electron chi connectivity index (χ4n) is 3.39. The summed E-state index contributed by atoms with van der Waals surface area (Å²) in [5.74, 6) is 1.51. The summed E-state index contributed by atoms with van der Waals surface area (Å²) in [6.45, 7) is 1.98. The Labute approximate surface area is 109 Å². The summed E-state index contributed by atoms with van der Waals surface area (Å²) >= 11 is 0. The van der Waals surface area contributed by atoms with Crippen molar-refractivity contribution in [1.29, 1.82) is 5.26 Å². The van der Waals surface area contributed by atoms with Gasteiger partial charge in [0, 0.05) is 0 Å². The van der Waals surface area contributed by atoms with Gasteiger partial charge in [0.25, 0.3) is 0 Å². The number of hydrogen-bond acceptors (Lipinski definition) is 3. The van der Waals surface area contributed by atoms with Gasteiger partial charge in [0.2, 0.25) is 0 Å². The van der Waals surface area contributed by atoms with Gasteiger partial charge >= 0.3 is 0 Å². The minimum Gasteiger partial charge on any atom is -0.229 e. The molecule has 0 saturated heterocycles. The van der Waals surface area contributed by atoms with Gasteiger partial charge in [-0.15, -0.1) is 0 Å². The lowest BCUT2D eigenvalue weighted by Crippen LogP contribution is -2.53. The summed E-state index contributed by atoms with van der Waals surface area (Å²) in [6.07, 6.45) is 6.14. The zero-order chi connectivity index (χ0) is 13.0. The molecular formula is C14H21NO2S. The molecule has 0 radical (unpaired) electrons. The second kappa shape index (κ2) is 3.96. The maximum Gasteiger partial charge on any atom is 0.153 e. The lowest BCUT2D eigenvalue weighted by Gasteiger charge is -2.49. The zero-order valence-corrected chi connectivity index (χ0v) is 11.7. The largest absolute Gasteiger partial charge is 0.229 e. The number of rotatable bonds is 5. The van der Waals surface area contributed by atoms with Crippen LogP contribution in [0.4, 0.5) is 0 Å². The van der Waals surface area contributed by atoms with Gasteiger partial charge in [-0.1, -0.05) is 19.8 Å². The molecule has 0 aliphatic heterocycles. The van der Waals surface area contributed by atoms with Gasteiger partial charge in [-0.05, 0) is 43.4 Å². The summed E-state index contributed by atoms with van der Waals surface area (Å²) in [4.78, 5) is 0. The highest BCUT2D eigenvalue weighted by atomic mass is 32.2. The summed E-state index contributed by atoms with van der Waals surface area (Å²) in [6, 6.07) is 2.44. The predicted molar refractivity (Wildman–Crippen MR) is 69.5 cm³/mol. The van der Waals surface area contributed by atoms with Crippen molar-refractivity contribution in [3.63, 3.8) is 0 Å². The highest BCUT2D eigenvalue weighted by Crippen LogP contribution is 2.56. The van der Waals surface area contributed by atoms with Gasteiger partial charge in [0.15, 0.2) is 9.84 Å². The van der Waals surface area contributed by atoms with Gasteiger partial charge in [-0.25, -0.2) is 8.42 Å². The van der Waals surface area contributed by atoms with E-state index in [9.17, 15) is 13.7 Å². The molecule has 0 amide bonds. The van der Waals surface area contributed by atoms with E-state index in [0.29, 0.717) is 24.0 Å². The second-order valence-corrected chi connectivity index (χ2v) is 8.98. The SMILES string of the molecule is CC1C(S(=O)(=O)CC2CC2)CC1(C#N)CC1CC1. The molecule has 0 aromatic rings. The quantitative estimate of drug-likeness (QED) is 0.769. The van der Waals surface area contributed by atoms with Crippen molar-refractivity contribution in [1.82, 2.24) is 0 Å². The monoisotopic (exact) mass is 267 g/mol. The molecule has 3 aliphatic carbocycles. The van der Waals surface area contributed by atoms with Crippen molar-refractivity contribution in [3.05, 3.63) is 0 Å². The molecule has 0 aromatic carbocycles. The van der Waals surface area contributed by atoms with E-state index in [4.69, 9.17) is 0 Å². The molecule has 0 N–H and O–H groups in total. The number of nitrogens with zero attached hydrogens (tertiary/aromatic N) is 1. The molecule has 0 aromatic heterocycles. The van der Waals surface area contributed by atoms with Crippen LogP contribution in [0.5, 0.6) is 0 Å². The van der Waals surface area contributed by atoms with Crippen LogP contribution in [0.15, 0.2) is 0 Å². The van der Waals surface area contributed by atoms with E-state index >= 15 is 0 Å². The third-order valence-electron chi connectivity index (χ3n) is 5.19. The van der Waals surface area contributed by atoms with Crippen LogP contribution in [-0.2, 0) is 9.84 Å². The summed E-state index contributed by atoms with van der Waals surface area (Å²) in [5, 5.41) is 9.18. The number of sulfone groups is 1. The first-order valence-corrected chi connectivity index (χ1v) is 8.81. The van der Waals surface area contributed by atoms with Crippen LogP contribution >= 0.6 is 0 Å². The first-order chi connectivity index (χ1) is 8.47. The average Bonchev–Trinajstić information content (AvgIpc) is 3.17. The second-order valence-electron chi connectivity index (χ2n) is 6.72. The van der Waals surface area contributed by atoms with Crippen molar-refractivity contribution in [2.45, 2.75) is 50.7 Å². The molecular weight excluding hydrogens is 246 g/mol. The Hall–Kier alpha value is -0.560. The van der Waals surface area contributed by atoms with Gasteiger partial charge in [-0.2, -0.15) is 5.26 Å². The van der Waals surface area contributed by atoms with Crippen LogP contribution in [0.25, 0.3) is 0 Å². The Bertz CT molecular complexity index is 484. The van der Waals surface area contributed by atoms with E-state index in [1.807, 2.05) is 6.92 Å². The Morgan fingerprint density at radius 2 is 1.83 bits per heavy atom. The van der Waals surface area contributed by atoms with E-state index in [1.54, 1.807) is 0 Å². The summed E-state index contributed by atoms with van der Waals surface area (Å²) in [5.41, 5.74) is -0.331. The Kier molecular flexibility index (Phi) is 2.75. The normalized spacial score (nSPS) is 40.0. The van der Waals surface area contributed by atoms with Gasteiger partial charge in [0.1, 0.15) is 0 Å². The fourth-order valence-corrected chi connectivity index (χ4v) is 6.06. The Morgan fingerprint density at radius 3 is 2.28 bits per heavy atom. The molecule has 4 heteroatoms. The van der Waals surface area contributed by atoms with Gasteiger partial charge < -0.3 is 0 Å². The minimum atomic E-state index is -2.96. The van der Waals surface area contributed by atoms with E-state index in [1.165, 1.54) is 12.8 Å². The molecule has 0 heterocycles. The standard InChI is InChI=1S/C14H21NO2S/c1-10-13(18(16,17)8-12-4-5-12)7-14(10,9-15)6-11-2-3-11/h10-13H,2-8H2,1H3. The highest BCUT2D eigenvalue weighted by molar-refractivity contribution is 7.92. The van der Waals surface area contributed by atoms with E-state index < -0.39 is 9.84 Å². The molecule has 100 valence electrons. The van der Waals surface area contributed by atoms with E-state index in [0.717, 1.165) is 19.3 Å². The Balaban J connectivity index is 1.68. The summed E-state index contributed by atoms with van der Waals surface area (Å²) < 4.78 is 24.5. The van der Waals surface area contributed by atoms with Crippen molar-refractivity contribution >= 4 is 9.84 Å². The van der Waals surface area contributed by atoms with Crippen LogP contribution in [0.3, 0.4) is 0 Å². The number of nitriles is 1. The van der Waals surface area contributed by atoms with Crippen molar-refractivity contribution in [3.8, 4) is 6.07 Å². The van der Waals surface area contributed by atoms with Crippen molar-refractivity contribution in [2.75, 3.05) is 5.75 Å². The molecule has 3 saturated carbocycles. The molecule has 0 bridgehead atoms. The first-order valence-electron chi connectivity index (χ1n) is 7.10. The molecule has 0 spiro atoms. The lowest BCUT2D eigenvalue weighted by atomic mass is 9.59. The topological polar surface area (TPSA) is 57.9 Å². The molecule has 3 nitrogen and oxygen atoms in total. The van der Waals surface area contributed by atoms with Gasteiger partial charge in [-0.3, -0.25) is 0 Å².